The molecule has 18 heavy (non-hydrogen) atoms. The zero-order valence-corrected chi connectivity index (χ0v) is 13.0. The summed E-state index contributed by atoms with van der Waals surface area (Å²) >= 11 is 0. The third kappa shape index (κ3) is 1.70. The van der Waals surface area contributed by atoms with Gasteiger partial charge in [0, 0.05) is 0 Å². The summed E-state index contributed by atoms with van der Waals surface area (Å²) < 4.78 is 0. The maximum atomic E-state index is 5.85. The second-order valence-electron chi connectivity index (χ2n) is 5.20. The third-order valence-corrected chi connectivity index (χ3v) is 5.11. The minimum atomic E-state index is -0.00734. The van der Waals surface area contributed by atoms with Crippen LogP contribution in [0.3, 0.4) is 0 Å². The molecular formula is C16H29NO. The van der Waals surface area contributed by atoms with E-state index in [-0.39, 0.29) is 11.1 Å². The zero-order chi connectivity index (χ0) is 14.0. The van der Waals surface area contributed by atoms with E-state index in [2.05, 4.69) is 46.3 Å². The molecule has 0 amide bonds. The van der Waals surface area contributed by atoms with Gasteiger partial charge in [0.05, 0.1) is 18.2 Å². The van der Waals surface area contributed by atoms with Gasteiger partial charge >= 0.3 is 0 Å². The van der Waals surface area contributed by atoms with Gasteiger partial charge in [-0.2, -0.15) is 5.06 Å². The molecule has 1 aliphatic rings. The Labute approximate surface area is 113 Å². The minimum Gasteiger partial charge on any atom is -0.301 e. The van der Waals surface area contributed by atoms with Crippen LogP contribution in [0.15, 0.2) is 23.8 Å². The molecule has 1 heterocycles. The average molecular weight is 251 g/mol. The Kier molecular flexibility index (Phi) is 4.79. The standard InChI is InChI=1S/C16H29NO/c1-8-14-13(6)15(9-2,10-3)17(18-7)16(14,11-4)12-5/h8H,1,9-12H2,2-7H3. The highest BCUT2D eigenvalue weighted by atomic mass is 16.7. The monoisotopic (exact) mass is 251 g/mol. The Bertz CT molecular complexity index is 335. The summed E-state index contributed by atoms with van der Waals surface area (Å²) in [5.41, 5.74) is 2.84. The molecular weight excluding hydrogens is 222 g/mol. The van der Waals surface area contributed by atoms with Gasteiger partial charge in [-0.15, -0.1) is 0 Å². The van der Waals surface area contributed by atoms with Crippen LogP contribution in [0.4, 0.5) is 0 Å². The first-order chi connectivity index (χ1) is 8.54. The summed E-state index contributed by atoms with van der Waals surface area (Å²) in [4.78, 5) is 5.85. The fourth-order valence-corrected chi connectivity index (χ4v) is 3.95. The number of hydroxylamine groups is 2. The lowest BCUT2D eigenvalue weighted by Gasteiger charge is -2.46. The molecule has 2 heteroatoms. The summed E-state index contributed by atoms with van der Waals surface area (Å²) in [5, 5.41) is 2.26. The van der Waals surface area contributed by atoms with Gasteiger partial charge in [-0.1, -0.05) is 40.3 Å². The maximum Gasteiger partial charge on any atom is 0.0715 e. The molecule has 0 fully saturated rings. The molecule has 1 aliphatic heterocycles. The van der Waals surface area contributed by atoms with E-state index < -0.39 is 0 Å². The lowest BCUT2D eigenvalue weighted by molar-refractivity contribution is -0.235. The maximum absolute atomic E-state index is 5.85. The molecule has 0 aromatic rings. The molecule has 0 aromatic carbocycles. The highest BCUT2D eigenvalue weighted by Gasteiger charge is 2.55. The first-order valence-electron chi connectivity index (χ1n) is 7.23. The van der Waals surface area contributed by atoms with E-state index >= 15 is 0 Å². The third-order valence-electron chi connectivity index (χ3n) is 5.11. The van der Waals surface area contributed by atoms with Crippen molar-refractivity contribution in [3.63, 3.8) is 0 Å². The predicted octanol–water partition coefficient (Wildman–Crippen LogP) is 4.48. The van der Waals surface area contributed by atoms with Crippen molar-refractivity contribution in [2.24, 2.45) is 0 Å². The molecule has 0 N–H and O–H groups in total. The first kappa shape index (κ1) is 15.5. The molecule has 0 aromatic heterocycles. The van der Waals surface area contributed by atoms with E-state index in [0.29, 0.717) is 0 Å². The summed E-state index contributed by atoms with van der Waals surface area (Å²) in [5.74, 6) is 0. The molecule has 0 saturated carbocycles. The number of rotatable bonds is 6. The fraction of sp³-hybridized carbons (Fsp3) is 0.750. The Morgan fingerprint density at radius 3 is 1.78 bits per heavy atom. The van der Waals surface area contributed by atoms with Gasteiger partial charge in [0.2, 0.25) is 0 Å². The van der Waals surface area contributed by atoms with Crippen molar-refractivity contribution >= 4 is 0 Å². The highest BCUT2D eigenvalue weighted by molar-refractivity contribution is 5.45. The van der Waals surface area contributed by atoms with Crippen molar-refractivity contribution in [1.82, 2.24) is 5.06 Å². The SMILES string of the molecule is C=CC1=C(C)C(CC)(CC)N(OC)C1(CC)CC. The van der Waals surface area contributed by atoms with Gasteiger partial charge in [0.1, 0.15) is 0 Å². The smallest absolute Gasteiger partial charge is 0.0715 e. The van der Waals surface area contributed by atoms with Crippen molar-refractivity contribution in [2.45, 2.75) is 71.4 Å². The molecule has 0 saturated heterocycles. The molecule has 1 rings (SSSR count). The van der Waals surface area contributed by atoms with Crippen molar-refractivity contribution in [3.8, 4) is 0 Å². The van der Waals surface area contributed by atoms with Crippen molar-refractivity contribution in [1.29, 1.82) is 0 Å². The van der Waals surface area contributed by atoms with Gasteiger partial charge < -0.3 is 4.84 Å². The fourth-order valence-electron chi connectivity index (χ4n) is 3.95. The van der Waals surface area contributed by atoms with Crippen LogP contribution in [0.1, 0.15) is 60.3 Å². The van der Waals surface area contributed by atoms with Gasteiger partial charge in [-0.25, -0.2) is 0 Å². The highest BCUT2D eigenvalue weighted by Crippen LogP contribution is 2.52. The second-order valence-corrected chi connectivity index (χ2v) is 5.20. The Morgan fingerprint density at radius 1 is 1.06 bits per heavy atom. The Morgan fingerprint density at radius 2 is 1.50 bits per heavy atom. The van der Waals surface area contributed by atoms with Crippen molar-refractivity contribution in [2.75, 3.05) is 7.11 Å². The van der Waals surface area contributed by atoms with Gasteiger partial charge in [0.15, 0.2) is 0 Å². The first-order valence-corrected chi connectivity index (χ1v) is 7.23. The predicted molar refractivity (Wildman–Crippen MR) is 78.4 cm³/mol. The Hall–Kier alpha value is -0.600. The molecule has 2 nitrogen and oxygen atoms in total. The molecule has 0 bridgehead atoms. The zero-order valence-electron chi connectivity index (χ0n) is 13.0. The van der Waals surface area contributed by atoms with Crippen LogP contribution >= 0.6 is 0 Å². The molecule has 0 atom stereocenters. The van der Waals surface area contributed by atoms with E-state index in [4.69, 9.17) is 4.84 Å². The van der Waals surface area contributed by atoms with E-state index in [0.717, 1.165) is 25.7 Å². The average Bonchev–Trinajstić information content (AvgIpc) is 2.63. The van der Waals surface area contributed by atoms with Gasteiger partial charge in [-0.05, 0) is 43.8 Å². The van der Waals surface area contributed by atoms with E-state index in [9.17, 15) is 0 Å². The summed E-state index contributed by atoms with van der Waals surface area (Å²) in [7, 11) is 1.81. The summed E-state index contributed by atoms with van der Waals surface area (Å²) in [6, 6.07) is 0. The second kappa shape index (κ2) is 5.58. The van der Waals surface area contributed by atoms with E-state index in [1.807, 2.05) is 6.08 Å². The van der Waals surface area contributed by atoms with Gasteiger partial charge in [0.25, 0.3) is 0 Å². The molecule has 0 radical (unpaired) electrons. The van der Waals surface area contributed by atoms with E-state index in [1.54, 1.807) is 7.11 Å². The number of hydrogen-bond acceptors (Lipinski definition) is 2. The van der Waals surface area contributed by atoms with Crippen LogP contribution in [0.25, 0.3) is 0 Å². The van der Waals surface area contributed by atoms with Crippen LogP contribution in [0.5, 0.6) is 0 Å². The van der Waals surface area contributed by atoms with Crippen LogP contribution in [-0.2, 0) is 4.84 Å². The van der Waals surface area contributed by atoms with Crippen molar-refractivity contribution in [3.05, 3.63) is 23.8 Å². The lowest BCUT2D eigenvalue weighted by atomic mass is 9.83. The van der Waals surface area contributed by atoms with Crippen LogP contribution in [0.2, 0.25) is 0 Å². The normalized spacial score (nSPS) is 22.6. The van der Waals surface area contributed by atoms with Crippen LogP contribution in [0, 0.1) is 0 Å². The van der Waals surface area contributed by atoms with Gasteiger partial charge in [-0.3, -0.25) is 0 Å². The lowest BCUT2D eigenvalue weighted by Crippen LogP contribution is -2.55. The summed E-state index contributed by atoms with van der Waals surface area (Å²) in [6.45, 7) is 15.3. The van der Waals surface area contributed by atoms with Crippen LogP contribution in [-0.4, -0.2) is 23.3 Å². The number of nitrogens with zero attached hydrogens (tertiary/aromatic N) is 1. The molecule has 0 unspecified atom stereocenters. The minimum absolute atomic E-state index is 0.00734. The summed E-state index contributed by atoms with van der Waals surface area (Å²) in [6.07, 6.45) is 6.29. The van der Waals surface area contributed by atoms with E-state index in [1.165, 1.54) is 11.1 Å². The van der Waals surface area contributed by atoms with Crippen molar-refractivity contribution < 1.29 is 4.84 Å². The molecule has 0 spiro atoms. The topological polar surface area (TPSA) is 12.5 Å². The molecule has 104 valence electrons. The number of hydrogen-bond donors (Lipinski definition) is 0. The largest absolute Gasteiger partial charge is 0.301 e. The Balaban J connectivity index is 3.51. The quantitative estimate of drug-likeness (QED) is 0.690. The van der Waals surface area contributed by atoms with Crippen LogP contribution < -0.4 is 0 Å². The molecule has 0 aliphatic carbocycles.